The van der Waals surface area contributed by atoms with Crippen molar-refractivity contribution < 1.29 is 23.1 Å². The molecule has 1 fully saturated rings. The van der Waals surface area contributed by atoms with Crippen LogP contribution >= 0.6 is 0 Å². The van der Waals surface area contributed by atoms with Gasteiger partial charge in [-0.1, -0.05) is 0 Å². The van der Waals surface area contributed by atoms with Crippen molar-refractivity contribution in [3.05, 3.63) is 0 Å². The molecule has 20 heavy (non-hydrogen) atoms. The lowest BCUT2D eigenvalue weighted by Gasteiger charge is -2.39. The van der Waals surface area contributed by atoms with Gasteiger partial charge in [0, 0.05) is 20.1 Å². The minimum absolute atomic E-state index is 0.125. The van der Waals surface area contributed by atoms with Crippen LogP contribution in [0.1, 0.15) is 27.2 Å². The topological polar surface area (TPSA) is 87.2 Å². The number of aliphatic hydroxyl groups is 1. The first-order chi connectivity index (χ1) is 8.92. The minimum Gasteiger partial charge on any atom is -0.444 e. The second-order valence-corrected chi connectivity index (χ2v) is 8.17. The Labute approximate surface area is 120 Å². The summed E-state index contributed by atoms with van der Waals surface area (Å²) in [6.45, 7) is 5.78. The average Bonchev–Trinajstić information content (AvgIpc) is 2.25. The molecule has 0 unspecified atom stereocenters. The minimum atomic E-state index is -3.43. The van der Waals surface area contributed by atoms with Gasteiger partial charge in [-0.25, -0.2) is 13.2 Å². The predicted octanol–water partition coefficient (Wildman–Crippen LogP) is 0.248. The summed E-state index contributed by atoms with van der Waals surface area (Å²) in [5, 5.41) is 9.95. The molecule has 7 nitrogen and oxygen atoms in total. The van der Waals surface area contributed by atoms with Gasteiger partial charge in [0.1, 0.15) is 5.60 Å². The van der Waals surface area contributed by atoms with E-state index >= 15 is 0 Å². The van der Waals surface area contributed by atoms with Crippen molar-refractivity contribution in [3.63, 3.8) is 0 Å². The largest absolute Gasteiger partial charge is 0.444 e. The van der Waals surface area contributed by atoms with Crippen LogP contribution in [0.4, 0.5) is 4.79 Å². The molecule has 0 aromatic carbocycles. The molecule has 1 rings (SSSR count). The van der Waals surface area contributed by atoms with Crippen LogP contribution in [-0.2, 0) is 14.8 Å². The lowest BCUT2D eigenvalue weighted by atomic mass is 10.0. The fourth-order valence-electron chi connectivity index (χ4n) is 2.01. The van der Waals surface area contributed by atoms with Crippen LogP contribution in [0.2, 0.25) is 0 Å². The van der Waals surface area contributed by atoms with Crippen molar-refractivity contribution in [1.82, 2.24) is 9.21 Å². The summed E-state index contributed by atoms with van der Waals surface area (Å²) in [5.74, 6) is 0. The maximum Gasteiger partial charge on any atom is 0.410 e. The van der Waals surface area contributed by atoms with Gasteiger partial charge in [-0.15, -0.1) is 0 Å². The van der Waals surface area contributed by atoms with Gasteiger partial charge in [-0.3, -0.25) is 0 Å². The van der Waals surface area contributed by atoms with Gasteiger partial charge >= 0.3 is 6.09 Å². The number of piperidine rings is 1. The summed E-state index contributed by atoms with van der Waals surface area (Å²) in [6.07, 6.45) is 0.125. The van der Waals surface area contributed by atoms with Crippen LogP contribution in [0.3, 0.4) is 0 Å². The van der Waals surface area contributed by atoms with Crippen molar-refractivity contribution >= 4 is 16.1 Å². The predicted molar refractivity (Wildman–Crippen MR) is 74.8 cm³/mol. The second-order valence-electron chi connectivity index (χ2n) is 6.13. The molecule has 8 heteroatoms. The lowest BCUT2D eigenvalue weighted by Crippen LogP contribution is -2.57. The molecule has 1 heterocycles. The number of carbonyl (C=O) groups is 1. The van der Waals surface area contributed by atoms with E-state index in [9.17, 15) is 18.3 Å². The SMILES string of the molecule is CN([C@@H]1CN(C(=O)OC(C)(C)C)CC[C@H]1O)S(C)(=O)=O. The number of nitrogens with zero attached hydrogens (tertiary/aromatic N) is 2. The van der Waals surface area contributed by atoms with Crippen LogP contribution < -0.4 is 0 Å². The molecule has 118 valence electrons. The number of sulfonamides is 1. The van der Waals surface area contributed by atoms with E-state index in [0.717, 1.165) is 10.6 Å². The Morgan fingerprint density at radius 1 is 1.40 bits per heavy atom. The van der Waals surface area contributed by atoms with E-state index in [4.69, 9.17) is 4.74 Å². The highest BCUT2D eigenvalue weighted by Crippen LogP contribution is 2.20. The Balaban J connectivity index is 2.78. The zero-order valence-corrected chi connectivity index (χ0v) is 13.5. The Kier molecular flexibility index (Phi) is 5.04. The van der Waals surface area contributed by atoms with Crippen molar-refractivity contribution in [2.24, 2.45) is 0 Å². The van der Waals surface area contributed by atoms with Gasteiger partial charge in [0.25, 0.3) is 0 Å². The highest BCUT2D eigenvalue weighted by atomic mass is 32.2. The molecule has 1 aliphatic rings. The molecule has 0 bridgehead atoms. The zero-order valence-electron chi connectivity index (χ0n) is 12.7. The first-order valence-corrected chi connectivity index (χ1v) is 8.35. The molecule has 1 N–H and O–H groups in total. The molecule has 0 aliphatic carbocycles. The van der Waals surface area contributed by atoms with Crippen LogP contribution in [0.25, 0.3) is 0 Å². The first-order valence-electron chi connectivity index (χ1n) is 6.51. The monoisotopic (exact) mass is 308 g/mol. The van der Waals surface area contributed by atoms with Crippen LogP contribution in [0.15, 0.2) is 0 Å². The van der Waals surface area contributed by atoms with Gasteiger partial charge in [0.2, 0.25) is 10.0 Å². The Bertz CT molecular complexity index is 457. The fourth-order valence-corrected chi connectivity index (χ4v) is 2.71. The number of amides is 1. The summed E-state index contributed by atoms with van der Waals surface area (Å²) in [7, 11) is -2.02. The van der Waals surface area contributed by atoms with Gasteiger partial charge in [-0.2, -0.15) is 4.31 Å². The fraction of sp³-hybridized carbons (Fsp3) is 0.917. The third-order valence-electron chi connectivity index (χ3n) is 3.19. The highest BCUT2D eigenvalue weighted by Gasteiger charge is 2.37. The summed E-state index contributed by atoms with van der Waals surface area (Å²) in [5.41, 5.74) is -0.606. The summed E-state index contributed by atoms with van der Waals surface area (Å²) in [4.78, 5) is 13.4. The summed E-state index contributed by atoms with van der Waals surface area (Å²) in [6, 6.07) is -0.647. The molecule has 0 saturated carbocycles. The average molecular weight is 308 g/mol. The molecule has 0 radical (unpaired) electrons. The Hall–Kier alpha value is -0.860. The number of aliphatic hydroxyl groups excluding tert-OH is 1. The maximum absolute atomic E-state index is 12.0. The van der Waals surface area contributed by atoms with E-state index in [-0.39, 0.29) is 6.54 Å². The van der Waals surface area contributed by atoms with Crippen LogP contribution in [0.5, 0.6) is 0 Å². The van der Waals surface area contributed by atoms with Gasteiger partial charge < -0.3 is 14.7 Å². The van der Waals surface area contributed by atoms with E-state index in [1.165, 1.54) is 11.9 Å². The third kappa shape index (κ3) is 4.60. The smallest absolute Gasteiger partial charge is 0.410 e. The summed E-state index contributed by atoms with van der Waals surface area (Å²) < 4.78 is 29.5. The Morgan fingerprint density at radius 3 is 2.40 bits per heavy atom. The van der Waals surface area contributed by atoms with E-state index in [1.807, 2.05) is 0 Å². The third-order valence-corrected chi connectivity index (χ3v) is 4.51. The number of ether oxygens (including phenoxy) is 1. The number of likely N-dealkylation sites (N-methyl/N-ethyl adjacent to an activating group) is 1. The standard InChI is InChI=1S/C12H24N2O5S/c1-12(2,3)19-11(16)14-7-6-10(15)9(8-14)13(4)20(5,17)18/h9-10,15H,6-8H2,1-5H3/t9-,10-/m1/s1. The van der Waals surface area contributed by atoms with Crippen LogP contribution in [0, 0.1) is 0 Å². The lowest BCUT2D eigenvalue weighted by molar-refractivity contribution is -0.00858. The maximum atomic E-state index is 12.0. The zero-order chi connectivity index (χ0) is 15.7. The van der Waals surface area contributed by atoms with Gasteiger partial charge in [0.05, 0.1) is 18.4 Å². The van der Waals surface area contributed by atoms with E-state index < -0.39 is 33.9 Å². The first kappa shape index (κ1) is 17.2. The number of hydrogen-bond acceptors (Lipinski definition) is 5. The second kappa shape index (κ2) is 5.87. The van der Waals surface area contributed by atoms with Gasteiger partial charge in [0.15, 0.2) is 0 Å². The quantitative estimate of drug-likeness (QED) is 0.790. The molecule has 1 saturated heterocycles. The highest BCUT2D eigenvalue weighted by molar-refractivity contribution is 7.88. The number of carbonyl (C=O) groups excluding carboxylic acids is 1. The van der Waals surface area contributed by atoms with E-state index in [2.05, 4.69) is 0 Å². The normalized spacial score (nSPS) is 24.9. The molecule has 1 amide bonds. The molecule has 0 spiro atoms. The van der Waals surface area contributed by atoms with Crippen molar-refractivity contribution in [3.8, 4) is 0 Å². The molecule has 0 aromatic heterocycles. The molecular weight excluding hydrogens is 284 g/mol. The number of hydrogen-bond donors (Lipinski definition) is 1. The van der Waals surface area contributed by atoms with Gasteiger partial charge in [-0.05, 0) is 27.2 Å². The number of likely N-dealkylation sites (tertiary alicyclic amines) is 1. The molecule has 1 aliphatic heterocycles. The van der Waals surface area contributed by atoms with E-state index in [0.29, 0.717) is 13.0 Å². The van der Waals surface area contributed by atoms with Crippen molar-refractivity contribution in [1.29, 1.82) is 0 Å². The molecule has 2 atom stereocenters. The van der Waals surface area contributed by atoms with Crippen molar-refractivity contribution in [2.45, 2.75) is 44.9 Å². The van der Waals surface area contributed by atoms with E-state index in [1.54, 1.807) is 20.8 Å². The Morgan fingerprint density at radius 2 is 1.95 bits per heavy atom. The van der Waals surface area contributed by atoms with Crippen molar-refractivity contribution in [2.75, 3.05) is 26.4 Å². The number of rotatable bonds is 2. The van der Waals surface area contributed by atoms with Crippen LogP contribution in [-0.4, -0.2) is 73.0 Å². The summed E-state index contributed by atoms with van der Waals surface area (Å²) >= 11 is 0. The molecular formula is C12H24N2O5S. The molecule has 0 aromatic rings.